The van der Waals surface area contributed by atoms with E-state index < -0.39 is 22.2 Å². The highest BCUT2D eigenvalue weighted by Crippen LogP contribution is 2.29. The van der Waals surface area contributed by atoms with E-state index in [9.17, 15) is 28.1 Å². The average molecular weight is 334 g/mol. The van der Waals surface area contributed by atoms with E-state index in [1.807, 2.05) is 0 Å². The summed E-state index contributed by atoms with van der Waals surface area (Å²) in [6, 6.07) is 9.55. The van der Waals surface area contributed by atoms with Gasteiger partial charge in [0.25, 0.3) is 11.2 Å². The summed E-state index contributed by atoms with van der Waals surface area (Å²) in [6.07, 6.45) is -3.05. The average Bonchev–Trinajstić information content (AvgIpc) is 2.54. The van der Waals surface area contributed by atoms with Crippen LogP contribution in [0.3, 0.4) is 0 Å². The number of halogens is 3. The van der Waals surface area contributed by atoms with Crippen molar-refractivity contribution >= 4 is 16.5 Å². The van der Waals surface area contributed by atoms with E-state index >= 15 is 0 Å². The van der Waals surface area contributed by atoms with Crippen LogP contribution in [-0.2, 0) is 6.18 Å². The lowest BCUT2D eigenvalue weighted by atomic mass is 10.1. The highest BCUT2D eigenvalue weighted by molar-refractivity contribution is 5.83. The van der Waals surface area contributed by atoms with Crippen molar-refractivity contribution in [3.63, 3.8) is 0 Å². The molecule has 0 bridgehead atoms. The van der Waals surface area contributed by atoms with Crippen molar-refractivity contribution in [2.45, 2.75) is 6.18 Å². The summed E-state index contributed by atoms with van der Waals surface area (Å²) in [7, 11) is 0. The molecule has 1 aromatic heterocycles. The lowest BCUT2D eigenvalue weighted by Gasteiger charge is -2.10. The predicted molar refractivity (Wildman–Crippen MR) is 81.2 cm³/mol. The highest BCUT2D eigenvalue weighted by atomic mass is 19.4. The van der Waals surface area contributed by atoms with Crippen LogP contribution in [0.5, 0.6) is 0 Å². The van der Waals surface area contributed by atoms with Crippen molar-refractivity contribution in [1.29, 1.82) is 0 Å². The number of nitro benzene ring substituents is 1. The number of hydrogen-bond donors (Lipinski definition) is 0. The zero-order valence-corrected chi connectivity index (χ0v) is 11.9. The second kappa shape index (κ2) is 5.48. The molecule has 122 valence electrons. The van der Waals surface area contributed by atoms with E-state index in [2.05, 4.69) is 0 Å². The number of benzene rings is 2. The van der Waals surface area contributed by atoms with Crippen LogP contribution in [0.2, 0.25) is 0 Å². The molecule has 0 radical (unpaired) electrons. The molecule has 0 fully saturated rings. The Labute approximate surface area is 132 Å². The van der Waals surface area contributed by atoms with Gasteiger partial charge in [-0.15, -0.1) is 0 Å². The van der Waals surface area contributed by atoms with Gasteiger partial charge in [-0.25, -0.2) is 0 Å². The number of non-ortho nitro benzene ring substituents is 1. The van der Waals surface area contributed by atoms with Crippen molar-refractivity contribution in [1.82, 2.24) is 4.57 Å². The molecule has 5 nitrogen and oxygen atoms in total. The minimum absolute atomic E-state index is 0.117. The van der Waals surface area contributed by atoms with E-state index in [0.717, 1.165) is 22.8 Å². The fourth-order valence-electron chi connectivity index (χ4n) is 2.36. The highest BCUT2D eigenvalue weighted by Gasteiger charge is 2.30. The lowest BCUT2D eigenvalue weighted by Crippen LogP contribution is -2.18. The van der Waals surface area contributed by atoms with Gasteiger partial charge in [-0.05, 0) is 41.8 Å². The lowest BCUT2D eigenvalue weighted by molar-refractivity contribution is -0.384. The standard InChI is InChI=1S/C16H9F3N2O3/c17-16(18,19)11-2-5-12(6-3-11)20-8-7-10-1-4-13(21(23)24)9-14(10)15(20)22/h1-9H. The molecule has 8 heteroatoms. The summed E-state index contributed by atoms with van der Waals surface area (Å²) >= 11 is 0. The predicted octanol–water partition coefficient (Wildman–Crippen LogP) is 3.92. The summed E-state index contributed by atoms with van der Waals surface area (Å²) in [6.45, 7) is 0. The van der Waals surface area contributed by atoms with Gasteiger partial charge in [0.1, 0.15) is 0 Å². The molecule has 0 saturated carbocycles. The Balaban J connectivity index is 2.15. The van der Waals surface area contributed by atoms with Crippen molar-refractivity contribution in [2.75, 3.05) is 0 Å². The zero-order valence-electron chi connectivity index (χ0n) is 11.9. The second-order valence-corrected chi connectivity index (χ2v) is 5.06. The number of alkyl halides is 3. The Morgan fingerprint density at radius 2 is 1.67 bits per heavy atom. The Kier molecular flexibility index (Phi) is 3.59. The minimum atomic E-state index is -4.46. The molecule has 0 saturated heterocycles. The third-order valence-corrected chi connectivity index (χ3v) is 3.57. The molecule has 0 amide bonds. The first kappa shape index (κ1) is 15.7. The first-order chi connectivity index (χ1) is 11.3. The smallest absolute Gasteiger partial charge is 0.284 e. The van der Waals surface area contributed by atoms with Gasteiger partial charge in [-0.1, -0.05) is 0 Å². The van der Waals surface area contributed by atoms with Crippen molar-refractivity contribution in [2.24, 2.45) is 0 Å². The molecule has 1 heterocycles. The van der Waals surface area contributed by atoms with Crippen LogP contribution in [0, 0.1) is 10.1 Å². The molecule has 0 spiro atoms. The summed E-state index contributed by atoms with van der Waals surface area (Å²) in [5, 5.41) is 11.5. The van der Waals surface area contributed by atoms with Gasteiger partial charge in [-0.3, -0.25) is 19.5 Å². The molecule has 2 aromatic carbocycles. The Morgan fingerprint density at radius 3 is 2.25 bits per heavy atom. The molecule has 3 rings (SSSR count). The molecule has 0 atom stereocenters. The fourth-order valence-corrected chi connectivity index (χ4v) is 2.36. The maximum atomic E-state index is 12.6. The molecule has 0 aliphatic carbocycles. The maximum absolute atomic E-state index is 12.6. The Hall–Kier alpha value is -3.16. The topological polar surface area (TPSA) is 65.1 Å². The summed E-state index contributed by atoms with van der Waals surface area (Å²) < 4.78 is 38.9. The number of nitrogens with zero attached hydrogens (tertiary/aromatic N) is 2. The third-order valence-electron chi connectivity index (χ3n) is 3.57. The first-order valence-corrected chi connectivity index (χ1v) is 6.75. The van der Waals surface area contributed by atoms with Crippen molar-refractivity contribution in [3.05, 3.63) is 80.8 Å². The number of rotatable bonds is 2. The van der Waals surface area contributed by atoms with Crippen LogP contribution < -0.4 is 5.56 Å². The SMILES string of the molecule is O=c1c2cc([N+](=O)[O-])ccc2ccn1-c1ccc(C(F)(F)F)cc1. The number of pyridine rings is 1. The van der Waals surface area contributed by atoms with Crippen molar-refractivity contribution < 1.29 is 18.1 Å². The van der Waals surface area contributed by atoms with Gasteiger partial charge in [-0.2, -0.15) is 13.2 Å². The maximum Gasteiger partial charge on any atom is 0.416 e. The fraction of sp³-hybridized carbons (Fsp3) is 0.0625. The van der Waals surface area contributed by atoms with Crippen LogP contribution in [0.15, 0.2) is 59.5 Å². The van der Waals surface area contributed by atoms with Gasteiger partial charge in [0.2, 0.25) is 0 Å². The quantitative estimate of drug-likeness (QED) is 0.527. The first-order valence-electron chi connectivity index (χ1n) is 6.75. The molecular weight excluding hydrogens is 325 g/mol. The third kappa shape index (κ3) is 2.73. The number of aromatic nitrogens is 1. The zero-order chi connectivity index (χ0) is 17.5. The van der Waals surface area contributed by atoms with Gasteiger partial charge in [0.15, 0.2) is 0 Å². The van der Waals surface area contributed by atoms with E-state index in [4.69, 9.17) is 0 Å². The number of hydrogen-bond acceptors (Lipinski definition) is 3. The van der Waals surface area contributed by atoms with Gasteiger partial charge >= 0.3 is 6.18 Å². The Morgan fingerprint density at radius 1 is 1.00 bits per heavy atom. The summed E-state index contributed by atoms with van der Waals surface area (Å²) in [4.78, 5) is 22.7. The number of nitro groups is 1. The molecule has 0 unspecified atom stereocenters. The minimum Gasteiger partial charge on any atom is -0.284 e. The molecule has 24 heavy (non-hydrogen) atoms. The van der Waals surface area contributed by atoms with Gasteiger partial charge in [0, 0.05) is 24.0 Å². The van der Waals surface area contributed by atoms with Crippen LogP contribution in [0.1, 0.15) is 5.56 Å². The molecule has 0 aliphatic rings. The summed E-state index contributed by atoms with van der Waals surface area (Å²) in [5.41, 5.74) is -1.36. The van der Waals surface area contributed by atoms with E-state index in [-0.39, 0.29) is 16.8 Å². The van der Waals surface area contributed by atoms with Crippen LogP contribution in [0.4, 0.5) is 18.9 Å². The van der Waals surface area contributed by atoms with Gasteiger partial charge < -0.3 is 0 Å². The monoisotopic (exact) mass is 334 g/mol. The van der Waals surface area contributed by atoms with Crippen LogP contribution in [0.25, 0.3) is 16.5 Å². The largest absolute Gasteiger partial charge is 0.416 e. The van der Waals surface area contributed by atoms with Crippen molar-refractivity contribution in [3.8, 4) is 5.69 Å². The van der Waals surface area contributed by atoms with Gasteiger partial charge in [0.05, 0.1) is 15.9 Å². The van der Waals surface area contributed by atoms with Crippen LogP contribution in [-0.4, -0.2) is 9.49 Å². The van der Waals surface area contributed by atoms with E-state index in [0.29, 0.717) is 5.39 Å². The van der Waals surface area contributed by atoms with E-state index in [1.54, 1.807) is 6.07 Å². The number of fused-ring (bicyclic) bond motifs is 1. The van der Waals surface area contributed by atoms with Crippen LogP contribution >= 0.6 is 0 Å². The normalized spacial score (nSPS) is 11.6. The molecular formula is C16H9F3N2O3. The molecule has 0 aliphatic heterocycles. The second-order valence-electron chi connectivity index (χ2n) is 5.06. The molecule has 3 aromatic rings. The Bertz CT molecular complexity index is 992. The van der Waals surface area contributed by atoms with E-state index in [1.165, 1.54) is 30.5 Å². The molecule has 0 N–H and O–H groups in total. The summed E-state index contributed by atoms with van der Waals surface area (Å²) in [5.74, 6) is 0.